The predicted octanol–water partition coefficient (Wildman–Crippen LogP) is 1.85. The number of thiophene rings is 1. The van der Waals surface area contributed by atoms with Gasteiger partial charge in [-0.15, -0.1) is 11.3 Å². The maximum Gasteiger partial charge on any atom is 0.319 e. The molecule has 3 amide bonds. The molecule has 0 saturated carbocycles. The van der Waals surface area contributed by atoms with Gasteiger partial charge in [-0.3, -0.25) is 10.1 Å². The summed E-state index contributed by atoms with van der Waals surface area (Å²) in [5.74, 6) is -0.589. The van der Waals surface area contributed by atoms with E-state index in [9.17, 15) is 9.59 Å². The largest absolute Gasteiger partial charge is 0.399 e. The van der Waals surface area contributed by atoms with Gasteiger partial charge in [0, 0.05) is 17.6 Å². The molecule has 1 aromatic heterocycles. The third kappa shape index (κ3) is 2.89. The lowest BCUT2D eigenvalue weighted by Crippen LogP contribution is -2.25. The molecule has 104 valence electrons. The van der Waals surface area contributed by atoms with E-state index in [1.54, 1.807) is 18.2 Å². The fourth-order valence-electron chi connectivity index (χ4n) is 1.62. The number of nitrogens with one attached hydrogen (secondary N) is 2. The van der Waals surface area contributed by atoms with Gasteiger partial charge >= 0.3 is 6.03 Å². The molecule has 1 heterocycles. The predicted molar refractivity (Wildman–Crippen MR) is 80.8 cm³/mol. The van der Waals surface area contributed by atoms with E-state index in [0.29, 0.717) is 10.7 Å². The summed E-state index contributed by atoms with van der Waals surface area (Å²) in [5, 5.41) is 5.43. The van der Waals surface area contributed by atoms with Crippen molar-refractivity contribution in [1.29, 1.82) is 0 Å². The van der Waals surface area contributed by atoms with Crippen molar-refractivity contribution in [1.82, 2.24) is 5.32 Å². The number of carbonyl (C=O) groups excluding carboxylic acids is 2. The standard InChI is InChI=1S/C13H14N4O2S/c1-16-13(19)17-12-9(11(15)18)6-10(20-12)7-2-4-8(14)5-3-7/h2-6H,14H2,1H3,(H2,15,18)(H2,16,17,19). The quantitative estimate of drug-likeness (QED) is 0.647. The van der Waals surface area contributed by atoms with Gasteiger partial charge < -0.3 is 16.8 Å². The lowest BCUT2D eigenvalue weighted by Gasteiger charge is -2.02. The minimum atomic E-state index is -0.589. The van der Waals surface area contributed by atoms with Crippen molar-refractivity contribution < 1.29 is 9.59 Å². The summed E-state index contributed by atoms with van der Waals surface area (Å²) in [7, 11) is 1.49. The summed E-state index contributed by atoms with van der Waals surface area (Å²) < 4.78 is 0. The maximum atomic E-state index is 11.4. The van der Waals surface area contributed by atoms with Crippen molar-refractivity contribution in [3.05, 3.63) is 35.9 Å². The van der Waals surface area contributed by atoms with Gasteiger partial charge in [0.25, 0.3) is 5.91 Å². The Morgan fingerprint density at radius 2 is 1.85 bits per heavy atom. The zero-order valence-electron chi connectivity index (χ0n) is 10.8. The number of hydrogen-bond acceptors (Lipinski definition) is 4. The molecule has 7 heteroatoms. The Morgan fingerprint density at radius 1 is 1.20 bits per heavy atom. The van der Waals surface area contributed by atoms with Gasteiger partial charge in [0.05, 0.1) is 5.56 Å². The fraction of sp³-hybridized carbons (Fsp3) is 0.0769. The Morgan fingerprint density at radius 3 is 2.40 bits per heavy atom. The number of amides is 3. The number of primary amides is 1. The number of benzene rings is 1. The number of hydrogen-bond donors (Lipinski definition) is 4. The van der Waals surface area contributed by atoms with E-state index in [1.165, 1.54) is 18.4 Å². The first-order chi connectivity index (χ1) is 9.51. The highest BCUT2D eigenvalue weighted by Crippen LogP contribution is 2.35. The number of carbonyl (C=O) groups is 2. The van der Waals surface area contributed by atoms with Crippen LogP contribution in [0, 0.1) is 0 Å². The van der Waals surface area contributed by atoms with E-state index in [1.807, 2.05) is 12.1 Å². The summed E-state index contributed by atoms with van der Waals surface area (Å²) in [6.07, 6.45) is 0. The van der Waals surface area contributed by atoms with Gasteiger partial charge in [0.15, 0.2) is 0 Å². The zero-order chi connectivity index (χ0) is 14.7. The Labute approximate surface area is 119 Å². The van der Waals surface area contributed by atoms with E-state index in [-0.39, 0.29) is 5.56 Å². The van der Waals surface area contributed by atoms with Crippen LogP contribution in [-0.2, 0) is 0 Å². The van der Waals surface area contributed by atoms with Gasteiger partial charge in [-0.05, 0) is 23.8 Å². The lowest BCUT2D eigenvalue weighted by atomic mass is 10.1. The Kier molecular flexibility index (Phi) is 3.90. The van der Waals surface area contributed by atoms with Crippen LogP contribution in [0.4, 0.5) is 15.5 Å². The normalized spacial score (nSPS) is 10.1. The number of anilines is 2. The second-order valence-corrected chi connectivity index (χ2v) is 5.10. The highest BCUT2D eigenvalue weighted by molar-refractivity contribution is 7.20. The fourth-order valence-corrected chi connectivity index (χ4v) is 2.69. The highest BCUT2D eigenvalue weighted by Gasteiger charge is 2.16. The van der Waals surface area contributed by atoms with Gasteiger partial charge in [-0.25, -0.2) is 4.79 Å². The van der Waals surface area contributed by atoms with Crippen LogP contribution >= 0.6 is 11.3 Å². The van der Waals surface area contributed by atoms with Crippen molar-refractivity contribution in [2.45, 2.75) is 0 Å². The zero-order valence-corrected chi connectivity index (χ0v) is 11.6. The maximum absolute atomic E-state index is 11.4. The first kappa shape index (κ1) is 13.9. The SMILES string of the molecule is CNC(=O)Nc1sc(-c2ccc(N)cc2)cc1C(N)=O. The van der Waals surface area contributed by atoms with Crippen molar-refractivity contribution in [3.63, 3.8) is 0 Å². The van der Waals surface area contributed by atoms with Crippen LogP contribution in [0.2, 0.25) is 0 Å². The van der Waals surface area contributed by atoms with Crippen LogP contribution in [0.15, 0.2) is 30.3 Å². The van der Waals surface area contributed by atoms with E-state index in [0.717, 1.165) is 10.4 Å². The van der Waals surface area contributed by atoms with Crippen LogP contribution in [0.1, 0.15) is 10.4 Å². The van der Waals surface area contributed by atoms with Crippen LogP contribution in [0.25, 0.3) is 10.4 Å². The Bertz CT molecular complexity index is 649. The molecule has 0 bridgehead atoms. The molecule has 2 rings (SSSR count). The van der Waals surface area contributed by atoms with Crippen LogP contribution < -0.4 is 22.1 Å². The third-order valence-corrected chi connectivity index (χ3v) is 3.75. The minimum Gasteiger partial charge on any atom is -0.399 e. The van der Waals surface area contributed by atoms with Gasteiger partial charge in [-0.2, -0.15) is 0 Å². The summed E-state index contributed by atoms with van der Waals surface area (Å²) in [5.41, 5.74) is 12.8. The van der Waals surface area contributed by atoms with E-state index < -0.39 is 11.9 Å². The topological polar surface area (TPSA) is 110 Å². The molecule has 6 nitrogen and oxygen atoms in total. The van der Waals surface area contributed by atoms with E-state index in [2.05, 4.69) is 10.6 Å². The molecule has 6 N–H and O–H groups in total. The Hall–Kier alpha value is -2.54. The average Bonchev–Trinajstić information content (AvgIpc) is 2.83. The van der Waals surface area contributed by atoms with Gasteiger partial charge in [-0.1, -0.05) is 12.1 Å². The lowest BCUT2D eigenvalue weighted by molar-refractivity contribution is 0.100. The van der Waals surface area contributed by atoms with Crippen LogP contribution in [-0.4, -0.2) is 19.0 Å². The molecule has 2 aromatic rings. The molecule has 0 aliphatic carbocycles. The number of nitrogens with two attached hydrogens (primary N) is 2. The first-order valence-electron chi connectivity index (χ1n) is 5.79. The van der Waals surface area contributed by atoms with Gasteiger partial charge in [0.1, 0.15) is 5.00 Å². The molecule has 0 saturated heterocycles. The molecule has 0 fully saturated rings. The molecular weight excluding hydrogens is 276 g/mol. The molecule has 0 aliphatic rings. The van der Waals surface area contributed by atoms with Crippen molar-refractivity contribution in [3.8, 4) is 10.4 Å². The monoisotopic (exact) mass is 290 g/mol. The third-order valence-electron chi connectivity index (χ3n) is 2.65. The van der Waals surface area contributed by atoms with Crippen molar-refractivity contribution in [2.75, 3.05) is 18.1 Å². The highest BCUT2D eigenvalue weighted by atomic mass is 32.1. The number of rotatable bonds is 3. The second-order valence-electron chi connectivity index (χ2n) is 4.04. The average molecular weight is 290 g/mol. The van der Waals surface area contributed by atoms with E-state index in [4.69, 9.17) is 11.5 Å². The van der Waals surface area contributed by atoms with Crippen molar-refractivity contribution >= 4 is 34.0 Å². The molecule has 0 atom stereocenters. The van der Waals surface area contributed by atoms with Gasteiger partial charge in [0.2, 0.25) is 0 Å². The summed E-state index contributed by atoms with van der Waals surface area (Å²) in [6.45, 7) is 0. The van der Waals surface area contributed by atoms with E-state index >= 15 is 0 Å². The molecular formula is C13H14N4O2S. The molecule has 1 aromatic carbocycles. The summed E-state index contributed by atoms with van der Waals surface area (Å²) in [4.78, 5) is 23.6. The van der Waals surface area contributed by atoms with Crippen molar-refractivity contribution in [2.24, 2.45) is 5.73 Å². The smallest absolute Gasteiger partial charge is 0.319 e. The number of nitrogen functional groups attached to an aromatic ring is 1. The van der Waals surface area contributed by atoms with Crippen LogP contribution in [0.5, 0.6) is 0 Å². The Balaban J connectivity index is 2.40. The summed E-state index contributed by atoms with van der Waals surface area (Å²) in [6, 6.07) is 8.48. The molecule has 0 radical (unpaired) electrons. The molecule has 0 unspecified atom stereocenters. The summed E-state index contributed by atoms with van der Waals surface area (Å²) >= 11 is 1.28. The molecule has 0 aliphatic heterocycles. The van der Waals surface area contributed by atoms with Crippen LogP contribution in [0.3, 0.4) is 0 Å². The minimum absolute atomic E-state index is 0.283. The molecule has 0 spiro atoms. The first-order valence-corrected chi connectivity index (χ1v) is 6.61. The molecule has 20 heavy (non-hydrogen) atoms. The second kappa shape index (κ2) is 5.62. The number of urea groups is 1.